The number of carbonyl (C=O) groups excluding carboxylic acids is 1. The number of ether oxygens (including phenoxy) is 1. The number of hydrogen-bond donors (Lipinski definition) is 2. The van der Waals surface area contributed by atoms with Crippen molar-refractivity contribution in [2.24, 2.45) is 5.14 Å². The maximum atomic E-state index is 12.4. The van der Waals surface area contributed by atoms with Gasteiger partial charge in [0.1, 0.15) is 12.4 Å². The van der Waals surface area contributed by atoms with Crippen LogP contribution < -0.4 is 15.2 Å². The van der Waals surface area contributed by atoms with Crippen LogP contribution in [-0.4, -0.2) is 19.3 Å². The number of pyridine rings is 1. The summed E-state index contributed by atoms with van der Waals surface area (Å²) in [5.74, 6) is 0.246. The highest BCUT2D eigenvalue weighted by atomic mass is 32.2. The van der Waals surface area contributed by atoms with Crippen molar-refractivity contribution >= 4 is 21.6 Å². The number of benzene rings is 2. The average molecular weight is 397 g/mol. The first-order valence-corrected chi connectivity index (χ1v) is 9.94. The maximum Gasteiger partial charge on any atom is 0.255 e. The molecule has 0 aliphatic carbocycles. The topological polar surface area (TPSA) is 111 Å². The highest BCUT2D eigenvalue weighted by Gasteiger charge is 2.14. The molecule has 1 amide bonds. The predicted octanol–water partition coefficient (Wildman–Crippen LogP) is 2.87. The minimum atomic E-state index is -3.86. The van der Waals surface area contributed by atoms with Crippen LogP contribution in [0, 0.1) is 6.92 Å². The summed E-state index contributed by atoms with van der Waals surface area (Å²) in [5.41, 5.74) is 2.20. The number of anilines is 1. The highest BCUT2D eigenvalue weighted by Crippen LogP contribution is 2.20. The van der Waals surface area contributed by atoms with Crippen LogP contribution in [0.15, 0.2) is 71.9 Å². The second-order valence-electron chi connectivity index (χ2n) is 6.15. The first kappa shape index (κ1) is 19.5. The third kappa shape index (κ3) is 4.93. The fourth-order valence-electron chi connectivity index (χ4n) is 2.54. The Bertz CT molecular complexity index is 1080. The van der Waals surface area contributed by atoms with E-state index in [1.807, 2.05) is 12.1 Å². The lowest BCUT2D eigenvalue weighted by Gasteiger charge is -2.10. The molecule has 3 aromatic rings. The number of nitrogens with two attached hydrogens (primary N) is 1. The van der Waals surface area contributed by atoms with Crippen molar-refractivity contribution < 1.29 is 17.9 Å². The van der Waals surface area contributed by atoms with Crippen LogP contribution in [0.1, 0.15) is 21.5 Å². The number of aromatic nitrogens is 1. The number of carbonyl (C=O) groups is 1. The Balaban J connectivity index is 1.66. The van der Waals surface area contributed by atoms with E-state index < -0.39 is 10.0 Å². The van der Waals surface area contributed by atoms with E-state index in [0.29, 0.717) is 29.2 Å². The molecular formula is C20H19N3O4S. The first-order chi connectivity index (χ1) is 13.3. The third-order valence-electron chi connectivity index (χ3n) is 4.00. The van der Waals surface area contributed by atoms with Gasteiger partial charge in [-0.3, -0.25) is 9.78 Å². The van der Waals surface area contributed by atoms with Crippen LogP contribution in [0.2, 0.25) is 0 Å². The zero-order chi connectivity index (χ0) is 20.1. The van der Waals surface area contributed by atoms with Gasteiger partial charge in [0, 0.05) is 29.2 Å². The number of primary sulfonamides is 1. The smallest absolute Gasteiger partial charge is 0.255 e. The molecule has 8 heteroatoms. The molecule has 2 aromatic carbocycles. The van der Waals surface area contributed by atoms with Gasteiger partial charge in [0.2, 0.25) is 10.0 Å². The van der Waals surface area contributed by atoms with Gasteiger partial charge in [0.15, 0.2) is 0 Å². The molecule has 3 rings (SSSR count). The monoisotopic (exact) mass is 397 g/mol. The maximum absolute atomic E-state index is 12.4. The minimum Gasteiger partial charge on any atom is -0.489 e. The number of amides is 1. The van der Waals surface area contributed by atoms with E-state index in [1.54, 1.807) is 55.7 Å². The van der Waals surface area contributed by atoms with E-state index in [-0.39, 0.29) is 10.8 Å². The van der Waals surface area contributed by atoms with E-state index in [2.05, 4.69) is 10.3 Å². The summed E-state index contributed by atoms with van der Waals surface area (Å²) >= 11 is 0. The van der Waals surface area contributed by atoms with Crippen LogP contribution >= 0.6 is 0 Å². The Kier molecular flexibility index (Phi) is 5.72. The molecule has 0 aliphatic rings. The Morgan fingerprint density at radius 2 is 1.89 bits per heavy atom. The van der Waals surface area contributed by atoms with E-state index >= 15 is 0 Å². The van der Waals surface area contributed by atoms with E-state index in [1.165, 1.54) is 6.07 Å². The number of nitrogens with one attached hydrogen (secondary N) is 1. The molecule has 0 aliphatic heterocycles. The lowest BCUT2D eigenvalue weighted by molar-refractivity contribution is 0.102. The van der Waals surface area contributed by atoms with Crippen LogP contribution in [0.25, 0.3) is 0 Å². The van der Waals surface area contributed by atoms with Crippen molar-refractivity contribution in [2.45, 2.75) is 18.4 Å². The van der Waals surface area contributed by atoms with Gasteiger partial charge in [-0.25, -0.2) is 13.6 Å². The minimum absolute atomic E-state index is 0.0237. The van der Waals surface area contributed by atoms with Gasteiger partial charge in [-0.05, 0) is 55.0 Å². The average Bonchev–Trinajstić information content (AvgIpc) is 2.68. The van der Waals surface area contributed by atoms with E-state index in [4.69, 9.17) is 9.88 Å². The van der Waals surface area contributed by atoms with Crippen LogP contribution in [0.4, 0.5) is 5.69 Å². The van der Waals surface area contributed by atoms with Crippen molar-refractivity contribution in [3.63, 3.8) is 0 Å². The Morgan fingerprint density at radius 3 is 2.54 bits per heavy atom. The Labute approximate surface area is 163 Å². The lowest BCUT2D eigenvalue weighted by Crippen LogP contribution is -2.16. The van der Waals surface area contributed by atoms with Crippen LogP contribution in [-0.2, 0) is 16.6 Å². The molecule has 0 unspecified atom stereocenters. The molecule has 28 heavy (non-hydrogen) atoms. The summed E-state index contributed by atoms with van der Waals surface area (Å²) in [6.07, 6.45) is 3.41. The fraction of sp³-hybridized carbons (Fsp3) is 0.100. The summed E-state index contributed by atoms with van der Waals surface area (Å²) in [4.78, 5) is 16.4. The van der Waals surface area contributed by atoms with Crippen molar-refractivity contribution in [1.29, 1.82) is 0 Å². The predicted molar refractivity (Wildman–Crippen MR) is 106 cm³/mol. The van der Waals surface area contributed by atoms with Gasteiger partial charge in [-0.2, -0.15) is 0 Å². The highest BCUT2D eigenvalue weighted by molar-refractivity contribution is 7.89. The molecule has 3 N–H and O–H groups in total. The molecule has 7 nitrogen and oxygen atoms in total. The quantitative estimate of drug-likeness (QED) is 0.664. The zero-order valence-electron chi connectivity index (χ0n) is 15.1. The third-order valence-corrected chi connectivity index (χ3v) is 5.05. The molecule has 0 spiro atoms. The van der Waals surface area contributed by atoms with Gasteiger partial charge in [-0.15, -0.1) is 0 Å². The van der Waals surface area contributed by atoms with Crippen molar-refractivity contribution in [3.05, 3.63) is 83.7 Å². The standard InChI is InChI=1S/C20H19N3O4S/c1-14-4-7-17(11-19(14)28(21,25)26)23-20(24)16-5-8-18(9-6-16)27-13-15-3-2-10-22-12-15/h2-12H,13H2,1H3,(H,23,24)(H2,21,25,26). The molecule has 0 radical (unpaired) electrons. The molecule has 0 saturated heterocycles. The molecule has 0 fully saturated rings. The number of sulfonamides is 1. The molecule has 1 aromatic heterocycles. The molecule has 1 heterocycles. The Morgan fingerprint density at radius 1 is 1.14 bits per heavy atom. The normalized spacial score (nSPS) is 11.1. The van der Waals surface area contributed by atoms with Gasteiger partial charge >= 0.3 is 0 Å². The van der Waals surface area contributed by atoms with Crippen LogP contribution in [0.5, 0.6) is 5.75 Å². The van der Waals surface area contributed by atoms with Gasteiger partial charge in [-0.1, -0.05) is 12.1 Å². The second-order valence-corrected chi connectivity index (χ2v) is 7.68. The summed E-state index contributed by atoms with van der Waals surface area (Å²) in [6.45, 7) is 2.01. The van der Waals surface area contributed by atoms with Gasteiger partial charge in [0.25, 0.3) is 5.91 Å². The van der Waals surface area contributed by atoms with E-state index in [0.717, 1.165) is 5.56 Å². The van der Waals surface area contributed by atoms with Crippen molar-refractivity contribution in [1.82, 2.24) is 4.98 Å². The fourth-order valence-corrected chi connectivity index (χ4v) is 3.35. The molecular weight excluding hydrogens is 378 g/mol. The number of hydrogen-bond acceptors (Lipinski definition) is 5. The summed E-state index contributed by atoms with van der Waals surface area (Å²) in [7, 11) is -3.86. The lowest BCUT2D eigenvalue weighted by atomic mass is 10.2. The zero-order valence-corrected chi connectivity index (χ0v) is 15.9. The van der Waals surface area contributed by atoms with E-state index in [9.17, 15) is 13.2 Å². The number of nitrogens with zero attached hydrogens (tertiary/aromatic N) is 1. The van der Waals surface area contributed by atoms with Crippen molar-refractivity contribution in [3.8, 4) is 5.75 Å². The summed E-state index contributed by atoms with van der Waals surface area (Å²) in [5, 5.41) is 7.86. The first-order valence-electron chi connectivity index (χ1n) is 8.39. The van der Waals surface area contributed by atoms with Gasteiger partial charge < -0.3 is 10.1 Å². The molecule has 144 valence electrons. The molecule has 0 atom stereocenters. The summed E-state index contributed by atoms with van der Waals surface area (Å²) < 4.78 is 28.9. The van der Waals surface area contributed by atoms with Crippen molar-refractivity contribution in [2.75, 3.05) is 5.32 Å². The number of rotatable bonds is 6. The summed E-state index contributed by atoms with van der Waals surface area (Å²) in [6, 6.07) is 14.9. The number of aryl methyl sites for hydroxylation is 1. The van der Waals surface area contributed by atoms with Crippen LogP contribution in [0.3, 0.4) is 0 Å². The second kappa shape index (κ2) is 8.20. The largest absolute Gasteiger partial charge is 0.489 e. The SMILES string of the molecule is Cc1ccc(NC(=O)c2ccc(OCc3cccnc3)cc2)cc1S(N)(=O)=O. The van der Waals surface area contributed by atoms with Gasteiger partial charge in [0.05, 0.1) is 4.90 Å². The Hall–Kier alpha value is -3.23. The molecule has 0 saturated carbocycles. The molecule has 0 bridgehead atoms.